The van der Waals surface area contributed by atoms with Crippen LogP contribution in [0.4, 0.5) is 10.1 Å². The van der Waals surface area contributed by atoms with E-state index in [2.05, 4.69) is 36.6 Å². The van der Waals surface area contributed by atoms with Gasteiger partial charge in [0.1, 0.15) is 24.3 Å². The number of benzene rings is 2. The van der Waals surface area contributed by atoms with Crippen LogP contribution >= 0.6 is 24.8 Å². The number of aliphatic hydroxyl groups excluding tert-OH is 1. The molecule has 1 atom stereocenters. The Morgan fingerprint density at radius 1 is 1.00 bits per heavy atom. The fourth-order valence-corrected chi connectivity index (χ4v) is 3.77. The van der Waals surface area contributed by atoms with E-state index in [0.29, 0.717) is 19.1 Å². The van der Waals surface area contributed by atoms with Crippen LogP contribution in [0.25, 0.3) is 0 Å². The zero-order valence-corrected chi connectivity index (χ0v) is 19.5. The van der Waals surface area contributed by atoms with Gasteiger partial charge in [0.25, 0.3) is 0 Å². The monoisotopic (exact) mass is 458 g/mol. The summed E-state index contributed by atoms with van der Waals surface area (Å²) in [5, 5.41) is 10.4. The summed E-state index contributed by atoms with van der Waals surface area (Å²) < 4.78 is 18.9. The SMILES string of the molecule is Cc1cc(OCC(O)CN2CCN(c3ccc(F)cc3)CC2)ccc1C(C)C.Cl.Cl. The van der Waals surface area contributed by atoms with Crippen LogP contribution in [0.15, 0.2) is 42.5 Å². The number of hydrogen-bond donors (Lipinski definition) is 1. The summed E-state index contributed by atoms with van der Waals surface area (Å²) in [7, 11) is 0. The van der Waals surface area contributed by atoms with Gasteiger partial charge in [0, 0.05) is 38.4 Å². The molecule has 168 valence electrons. The summed E-state index contributed by atoms with van der Waals surface area (Å²) in [6, 6.07) is 12.8. The van der Waals surface area contributed by atoms with E-state index in [1.165, 1.54) is 23.3 Å². The van der Waals surface area contributed by atoms with Crippen molar-refractivity contribution in [1.29, 1.82) is 0 Å². The number of rotatable bonds is 7. The number of halogens is 3. The van der Waals surface area contributed by atoms with Crippen LogP contribution in [0.3, 0.4) is 0 Å². The molecule has 30 heavy (non-hydrogen) atoms. The van der Waals surface area contributed by atoms with Crippen molar-refractivity contribution in [2.45, 2.75) is 32.8 Å². The van der Waals surface area contributed by atoms with Crippen LogP contribution in [0.2, 0.25) is 0 Å². The van der Waals surface area contributed by atoms with Crippen LogP contribution in [-0.4, -0.2) is 55.4 Å². The summed E-state index contributed by atoms with van der Waals surface area (Å²) in [5.74, 6) is 1.09. The Morgan fingerprint density at radius 3 is 2.20 bits per heavy atom. The van der Waals surface area contributed by atoms with Gasteiger partial charge in [-0.05, 0) is 60.4 Å². The maximum absolute atomic E-state index is 13.1. The molecule has 1 saturated heterocycles. The highest BCUT2D eigenvalue weighted by Gasteiger charge is 2.20. The second kappa shape index (κ2) is 12.4. The summed E-state index contributed by atoms with van der Waals surface area (Å²) in [6.45, 7) is 10.8. The van der Waals surface area contributed by atoms with Crippen molar-refractivity contribution >= 4 is 30.5 Å². The highest BCUT2D eigenvalue weighted by molar-refractivity contribution is 5.85. The molecule has 1 fully saturated rings. The number of aliphatic hydroxyl groups is 1. The number of ether oxygens (including phenoxy) is 1. The predicted octanol–water partition coefficient (Wildman–Crippen LogP) is 4.66. The molecular formula is C23H33Cl2FN2O2. The second-order valence-electron chi connectivity index (χ2n) is 7.90. The number of aryl methyl sites for hydroxylation is 1. The standard InChI is InChI=1S/C23H31FN2O2.2ClH/c1-17(2)23-9-8-22(14-18(23)3)28-16-21(27)15-25-10-12-26(13-11-25)20-6-4-19(24)5-7-20;;/h4-9,14,17,21,27H,10-13,15-16H2,1-3H3;2*1H. The van der Waals surface area contributed by atoms with Gasteiger partial charge in [-0.3, -0.25) is 4.90 Å². The first-order valence-corrected chi connectivity index (χ1v) is 10.1. The molecule has 3 rings (SSSR count). The topological polar surface area (TPSA) is 35.9 Å². The van der Waals surface area contributed by atoms with Crippen molar-refractivity contribution in [2.24, 2.45) is 0 Å². The average Bonchev–Trinajstić information content (AvgIpc) is 2.67. The zero-order valence-electron chi connectivity index (χ0n) is 17.9. The molecule has 7 heteroatoms. The van der Waals surface area contributed by atoms with Gasteiger partial charge in [0.2, 0.25) is 0 Å². The quantitative estimate of drug-likeness (QED) is 0.653. The van der Waals surface area contributed by atoms with Gasteiger partial charge in [0.15, 0.2) is 0 Å². The molecule has 0 bridgehead atoms. The van der Waals surface area contributed by atoms with Gasteiger partial charge in [-0.25, -0.2) is 4.39 Å². The smallest absolute Gasteiger partial charge is 0.123 e. The van der Waals surface area contributed by atoms with Crippen molar-refractivity contribution in [3.05, 3.63) is 59.4 Å². The maximum atomic E-state index is 13.1. The lowest BCUT2D eigenvalue weighted by Gasteiger charge is -2.36. The average molecular weight is 459 g/mol. The van der Waals surface area contributed by atoms with Crippen molar-refractivity contribution in [3.8, 4) is 5.75 Å². The van der Waals surface area contributed by atoms with Gasteiger partial charge < -0.3 is 14.7 Å². The summed E-state index contributed by atoms with van der Waals surface area (Å²) in [4.78, 5) is 4.50. The van der Waals surface area contributed by atoms with Gasteiger partial charge in [0.05, 0.1) is 0 Å². The molecule has 0 spiro atoms. The first kappa shape index (κ1) is 26.5. The molecule has 4 nitrogen and oxygen atoms in total. The van der Waals surface area contributed by atoms with E-state index in [-0.39, 0.29) is 30.6 Å². The number of piperazine rings is 1. The van der Waals surface area contributed by atoms with E-state index in [4.69, 9.17) is 4.74 Å². The van der Waals surface area contributed by atoms with Crippen LogP contribution in [0.1, 0.15) is 30.9 Å². The minimum atomic E-state index is -0.526. The van der Waals surface area contributed by atoms with Crippen LogP contribution in [-0.2, 0) is 0 Å². The van der Waals surface area contributed by atoms with Gasteiger partial charge in [-0.1, -0.05) is 19.9 Å². The largest absolute Gasteiger partial charge is 0.491 e. The fourth-order valence-electron chi connectivity index (χ4n) is 3.77. The Bertz CT molecular complexity index is 766. The Kier molecular flexibility index (Phi) is 10.9. The third-order valence-electron chi connectivity index (χ3n) is 5.34. The molecular weight excluding hydrogens is 426 g/mol. The molecule has 1 heterocycles. The molecule has 0 amide bonds. The molecule has 0 aromatic heterocycles. The minimum absolute atomic E-state index is 0. The summed E-state index contributed by atoms with van der Waals surface area (Å²) in [6.07, 6.45) is -0.526. The van der Waals surface area contributed by atoms with Crippen LogP contribution in [0, 0.1) is 12.7 Å². The normalized spacial score (nSPS) is 15.3. The Labute approximate surface area is 191 Å². The van der Waals surface area contributed by atoms with Crippen molar-refractivity contribution in [2.75, 3.05) is 44.2 Å². The van der Waals surface area contributed by atoms with E-state index < -0.39 is 6.10 Å². The molecule has 1 aliphatic rings. The maximum Gasteiger partial charge on any atom is 0.123 e. The predicted molar refractivity (Wildman–Crippen MR) is 126 cm³/mol. The van der Waals surface area contributed by atoms with Crippen LogP contribution in [0.5, 0.6) is 5.75 Å². The van der Waals surface area contributed by atoms with Gasteiger partial charge in [-0.2, -0.15) is 0 Å². The first-order valence-electron chi connectivity index (χ1n) is 10.1. The number of anilines is 1. The van der Waals surface area contributed by atoms with Gasteiger partial charge >= 0.3 is 0 Å². The Hall–Kier alpha value is -1.53. The van der Waals surface area contributed by atoms with Crippen molar-refractivity contribution < 1.29 is 14.2 Å². The zero-order chi connectivity index (χ0) is 20.1. The molecule has 0 radical (unpaired) electrons. The fraction of sp³-hybridized carbons (Fsp3) is 0.478. The lowest BCUT2D eigenvalue weighted by molar-refractivity contribution is 0.0663. The second-order valence-corrected chi connectivity index (χ2v) is 7.90. The molecule has 0 saturated carbocycles. The minimum Gasteiger partial charge on any atom is -0.491 e. The van der Waals surface area contributed by atoms with Crippen LogP contribution < -0.4 is 9.64 Å². The summed E-state index contributed by atoms with van der Waals surface area (Å²) in [5.41, 5.74) is 3.59. The van der Waals surface area contributed by atoms with Crippen molar-refractivity contribution in [3.63, 3.8) is 0 Å². The van der Waals surface area contributed by atoms with E-state index >= 15 is 0 Å². The number of β-amino-alcohol motifs (C(OH)–C–C–N with tert-alkyl or cyclic N) is 1. The molecule has 2 aromatic rings. The first-order chi connectivity index (χ1) is 13.4. The molecule has 1 N–H and O–H groups in total. The van der Waals surface area contributed by atoms with E-state index in [1.54, 1.807) is 0 Å². The lowest BCUT2D eigenvalue weighted by Crippen LogP contribution is -2.49. The highest BCUT2D eigenvalue weighted by atomic mass is 35.5. The van der Waals surface area contributed by atoms with E-state index in [9.17, 15) is 9.50 Å². The van der Waals surface area contributed by atoms with Crippen molar-refractivity contribution in [1.82, 2.24) is 4.90 Å². The third kappa shape index (κ3) is 7.31. The number of nitrogens with zero attached hydrogens (tertiary/aromatic N) is 2. The molecule has 1 aliphatic heterocycles. The third-order valence-corrected chi connectivity index (χ3v) is 5.34. The van der Waals surface area contributed by atoms with E-state index in [1.807, 2.05) is 24.3 Å². The number of hydrogen-bond acceptors (Lipinski definition) is 4. The van der Waals surface area contributed by atoms with E-state index in [0.717, 1.165) is 37.6 Å². The Morgan fingerprint density at radius 2 is 1.63 bits per heavy atom. The molecule has 2 aromatic carbocycles. The molecule has 1 unspecified atom stereocenters. The van der Waals surface area contributed by atoms with Gasteiger partial charge in [-0.15, -0.1) is 24.8 Å². The highest BCUT2D eigenvalue weighted by Crippen LogP contribution is 2.23. The Balaban J connectivity index is 0.00000225. The summed E-state index contributed by atoms with van der Waals surface area (Å²) >= 11 is 0. The lowest BCUT2D eigenvalue weighted by atomic mass is 9.98. The molecule has 0 aliphatic carbocycles.